The smallest absolute Gasteiger partial charge is 0.251 e. The number of primary amides is 1. The van der Waals surface area contributed by atoms with Crippen molar-refractivity contribution < 1.29 is 14.1 Å². The van der Waals surface area contributed by atoms with Gasteiger partial charge in [-0.15, -0.1) is 11.3 Å². The molecule has 1 aromatic carbocycles. The van der Waals surface area contributed by atoms with Crippen molar-refractivity contribution in [2.45, 2.75) is 44.9 Å². The van der Waals surface area contributed by atoms with Gasteiger partial charge in [-0.25, -0.2) is 0 Å². The molecule has 1 aliphatic rings. The molecule has 3 aromatic rings. The number of aromatic nitrogens is 1. The van der Waals surface area contributed by atoms with Crippen LogP contribution in [0, 0.1) is 0 Å². The Kier molecular flexibility index (Phi) is 7.57. The third-order valence-corrected chi connectivity index (χ3v) is 7.19. The van der Waals surface area contributed by atoms with Crippen molar-refractivity contribution in [2.24, 2.45) is 5.73 Å². The average molecular weight is 467 g/mol. The standard InChI is InChI=1S/C25H30N4O3S/c1-29(14-7-10-18-16-20(28-32-18)17-8-3-2-4-9-17)15-13-22(30)27-25-23(24(26)31)19-11-5-6-12-21(19)33-25/h2-4,8-9,16H,5-7,10-15H2,1H3,(H2,26,31)(H,27,30). The molecule has 2 amide bonds. The van der Waals surface area contributed by atoms with Crippen LogP contribution in [0.5, 0.6) is 0 Å². The van der Waals surface area contributed by atoms with Crippen LogP contribution in [0.25, 0.3) is 11.3 Å². The van der Waals surface area contributed by atoms with E-state index in [1.165, 1.54) is 16.2 Å². The summed E-state index contributed by atoms with van der Waals surface area (Å²) in [7, 11) is 2.00. The fraction of sp³-hybridized carbons (Fsp3) is 0.400. The molecule has 2 heterocycles. The van der Waals surface area contributed by atoms with Gasteiger partial charge in [-0.3, -0.25) is 9.59 Å². The van der Waals surface area contributed by atoms with E-state index in [-0.39, 0.29) is 5.91 Å². The SMILES string of the molecule is CN(CCCc1cc(-c2ccccc2)no1)CCC(=O)Nc1sc2c(c1C(N)=O)CCCC2. The predicted octanol–water partition coefficient (Wildman–Crippen LogP) is 4.27. The number of nitrogens with one attached hydrogen (secondary N) is 1. The fourth-order valence-corrected chi connectivity index (χ4v) is 5.52. The van der Waals surface area contributed by atoms with Crippen LogP contribution in [-0.4, -0.2) is 42.0 Å². The first-order valence-electron chi connectivity index (χ1n) is 11.4. The number of aryl methyl sites for hydroxylation is 2. The Morgan fingerprint density at radius 1 is 1.18 bits per heavy atom. The summed E-state index contributed by atoms with van der Waals surface area (Å²) >= 11 is 1.50. The van der Waals surface area contributed by atoms with Gasteiger partial charge in [0, 0.05) is 35.9 Å². The molecule has 0 radical (unpaired) electrons. The topological polar surface area (TPSA) is 101 Å². The Hall–Kier alpha value is -2.97. The van der Waals surface area contributed by atoms with E-state index in [1.54, 1.807) is 0 Å². The van der Waals surface area contributed by atoms with E-state index in [2.05, 4.69) is 15.4 Å². The molecule has 0 spiro atoms. The molecule has 0 saturated heterocycles. The summed E-state index contributed by atoms with van der Waals surface area (Å²) in [6.45, 7) is 1.48. The minimum atomic E-state index is -0.454. The summed E-state index contributed by atoms with van der Waals surface area (Å²) in [6.07, 6.45) is 6.05. The lowest BCUT2D eigenvalue weighted by atomic mass is 9.95. The van der Waals surface area contributed by atoms with Crippen LogP contribution in [0.4, 0.5) is 5.00 Å². The molecule has 4 rings (SSSR count). The Morgan fingerprint density at radius 2 is 1.97 bits per heavy atom. The second-order valence-electron chi connectivity index (χ2n) is 8.53. The van der Waals surface area contributed by atoms with Gasteiger partial charge in [0.2, 0.25) is 5.91 Å². The van der Waals surface area contributed by atoms with Gasteiger partial charge >= 0.3 is 0 Å². The molecule has 2 aromatic heterocycles. The monoisotopic (exact) mass is 466 g/mol. The van der Waals surface area contributed by atoms with Crippen LogP contribution in [0.3, 0.4) is 0 Å². The van der Waals surface area contributed by atoms with E-state index in [0.717, 1.165) is 67.7 Å². The number of amides is 2. The van der Waals surface area contributed by atoms with E-state index in [4.69, 9.17) is 10.3 Å². The molecule has 174 valence electrons. The second kappa shape index (κ2) is 10.8. The maximum Gasteiger partial charge on any atom is 0.251 e. The summed E-state index contributed by atoms with van der Waals surface area (Å²) in [4.78, 5) is 27.8. The number of carbonyl (C=O) groups excluding carboxylic acids is 2. The number of hydrogen-bond donors (Lipinski definition) is 2. The van der Waals surface area contributed by atoms with Crippen molar-refractivity contribution >= 4 is 28.2 Å². The molecule has 0 aliphatic heterocycles. The molecule has 0 atom stereocenters. The van der Waals surface area contributed by atoms with Gasteiger partial charge in [0.15, 0.2) is 0 Å². The van der Waals surface area contributed by atoms with E-state index >= 15 is 0 Å². The van der Waals surface area contributed by atoms with Gasteiger partial charge in [-0.05, 0) is 51.3 Å². The summed E-state index contributed by atoms with van der Waals surface area (Å²) in [5.41, 5.74) is 9.05. The van der Waals surface area contributed by atoms with Crippen molar-refractivity contribution in [1.29, 1.82) is 0 Å². The second-order valence-corrected chi connectivity index (χ2v) is 9.63. The van der Waals surface area contributed by atoms with Crippen LogP contribution in [-0.2, 0) is 24.1 Å². The van der Waals surface area contributed by atoms with Crippen LogP contribution in [0.2, 0.25) is 0 Å². The van der Waals surface area contributed by atoms with Gasteiger partial charge in [-0.2, -0.15) is 0 Å². The number of nitrogens with zero attached hydrogens (tertiary/aromatic N) is 2. The fourth-order valence-electron chi connectivity index (χ4n) is 4.21. The Labute approximate surface area is 197 Å². The number of rotatable bonds is 10. The molecule has 1 aliphatic carbocycles. The highest BCUT2D eigenvalue weighted by Crippen LogP contribution is 2.37. The van der Waals surface area contributed by atoms with E-state index < -0.39 is 5.91 Å². The Balaban J connectivity index is 1.22. The van der Waals surface area contributed by atoms with Gasteiger partial charge in [-0.1, -0.05) is 35.5 Å². The zero-order valence-corrected chi connectivity index (χ0v) is 19.7. The van der Waals surface area contributed by atoms with Gasteiger partial charge in [0.05, 0.1) is 5.56 Å². The number of hydrogen-bond acceptors (Lipinski definition) is 6. The normalized spacial score (nSPS) is 13.2. The quantitative estimate of drug-likeness (QED) is 0.465. The lowest BCUT2D eigenvalue weighted by molar-refractivity contribution is -0.116. The van der Waals surface area contributed by atoms with Crippen molar-refractivity contribution in [3.05, 3.63) is 58.2 Å². The molecule has 8 heteroatoms. The van der Waals surface area contributed by atoms with Crippen LogP contribution in [0.1, 0.15) is 52.2 Å². The number of fused-ring (bicyclic) bond motifs is 1. The first-order chi connectivity index (χ1) is 16.0. The molecule has 0 saturated carbocycles. The van der Waals surface area contributed by atoms with Crippen LogP contribution in [0.15, 0.2) is 40.9 Å². The van der Waals surface area contributed by atoms with E-state index in [1.807, 2.05) is 43.4 Å². The Bertz CT molecular complexity index is 1110. The zero-order chi connectivity index (χ0) is 23.2. The van der Waals surface area contributed by atoms with Gasteiger partial charge in [0.25, 0.3) is 5.91 Å². The minimum absolute atomic E-state index is 0.0920. The van der Waals surface area contributed by atoms with Crippen LogP contribution < -0.4 is 11.1 Å². The van der Waals surface area contributed by atoms with E-state index in [0.29, 0.717) is 23.5 Å². The maximum atomic E-state index is 12.5. The molecular weight excluding hydrogens is 436 g/mol. The molecule has 33 heavy (non-hydrogen) atoms. The van der Waals surface area contributed by atoms with E-state index in [9.17, 15) is 9.59 Å². The molecule has 7 nitrogen and oxygen atoms in total. The molecule has 3 N–H and O–H groups in total. The summed E-state index contributed by atoms with van der Waals surface area (Å²) in [5.74, 6) is 0.316. The highest BCUT2D eigenvalue weighted by molar-refractivity contribution is 7.17. The Morgan fingerprint density at radius 3 is 2.76 bits per heavy atom. The highest BCUT2D eigenvalue weighted by Gasteiger charge is 2.24. The van der Waals surface area contributed by atoms with Gasteiger partial charge < -0.3 is 20.5 Å². The number of nitrogens with two attached hydrogens (primary N) is 1. The molecular formula is C25H30N4O3S. The number of anilines is 1. The predicted molar refractivity (Wildman–Crippen MR) is 130 cm³/mol. The molecule has 0 fully saturated rings. The average Bonchev–Trinajstić information content (AvgIpc) is 3.42. The van der Waals surface area contributed by atoms with Crippen molar-refractivity contribution in [3.63, 3.8) is 0 Å². The van der Waals surface area contributed by atoms with Crippen molar-refractivity contribution in [2.75, 3.05) is 25.5 Å². The van der Waals surface area contributed by atoms with Gasteiger partial charge in [0.1, 0.15) is 16.5 Å². The third kappa shape index (κ3) is 5.89. The van der Waals surface area contributed by atoms with Crippen molar-refractivity contribution in [1.82, 2.24) is 10.1 Å². The zero-order valence-electron chi connectivity index (χ0n) is 18.9. The largest absolute Gasteiger partial charge is 0.365 e. The number of benzene rings is 1. The third-order valence-electron chi connectivity index (χ3n) is 5.98. The first kappa shape index (κ1) is 23.2. The minimum Gasteiger partial charge on any atom is -0.365 e. The first-order valence-corrected chi connectivity index (χ1v) is 12.3. The van der Waals surface area contributed by atoms with Crippen LogP contribution >= 0.6 is 11.3 Å². The number of carbonyl (C=O) groups is 2. The van der Waals surface area contributed by atoms with Crippen molar-refractivity contribution in [3.8, 4) is 11.3 Å². The lowest BCUT2D eigenvalue weighted by Crippen LogP contribution is -2.26. The summed E-state index contributed by atoms with van der Waals surface area (Å²) in [5, 5.41) is 7.70. The summed E-state index contributed by atoms with van der Waals surface area (Å²) in [6, 6.07) is 12.0. The number of thiophene rings is 1. The molecule has 0 unspecified atom stereocenters. The highest BCUT2D eigenvalue weighted by atomic mass is 32.1. The maximum absolute atomic E-state index is 12.5. The molecule has 0 bridgehead atoms. The lowest BCUT2D eigenvalue weighted by Gasteiger charge is -2.15. The summed E-state index contributed by atoms with van der Waals surface area (Å²) < 4.78 is 5.46.